The number of esters is 1. The van der Waals surface area contributed by atoms with Crippen LogP contribution in [-0.2, 0) is 27.5 Å². The maximum Gasteiger partial charge on any atom is 0.416 e. The highest BCUT2D eigenvalue weighted by Gasteiger charge is 2.49. The van der Waals surface area contributed by atoms with Crippen LogP contribution in [0.25, 0.3) is 5.57 Å². The maximum atomic E-state index is 13.6. The summed E-state index contributed by atoms with van der Waals surface area (Å²) >= 11 is 0. The average molecular weight is 549 g/mol. The van der Waals surface area contributed by atoms with Crippen LogP contribution >= 0.6 is 0 Å². The molecule has 1 aliphatic heterocycles. The Labute approximate surface area is 211 Å². The normalized spacial score (nSPS) is 17.2. The van der Waals surface area contributed by atoms with Crippen LogP contribution in [0.1, 0.15) is 29.2 Å². The fraction of sp³-hybridized carbons (Fsp3) is 0.333. The van der Waals surface area contributed by atoms with Crippen molar-refractivity contribution in [2.24, 2.45) is 0 Å². The van der Waals surface area contributed by atoms with E-state index in [0.717, 1.165) is 24.2 Å². The van der Waals surface area contributed by atoms with Gasteiger partial charge in [-0.1, -0.05) is 6.08 Å². The highest BCUT2D eigenvalue weighted by molar-refractivity contribution is 6.04. The number of hydrogen-bond acceptors (Lipinski definition) is 6. The van der Waals surface area contributed by atoms with Crippen LogP contribution < -0.4 is 14.4 Å². The Hall–Kier alpha value is -3.94. The first-order valence-corrected chi connectivity index (χ1v) is 10.6. The first-order valence-electron chi connectivity index (χ1n) is 10.6. The van der Waals surface area contributed by atoms with Crippen molar-refractivity contribution in [2.45, 2.75) is 30.9 Å². The van der Waals surface area contributed by atoms with Gasteiger partial charge in [0.2, 0.25) is 5.60 Å². The highest BCUT2D eigenvalue weighted by Crippen LogP contribution is 2.49. The standard InChI is InChI=1S/C24H21F6NO7/c1-11-5-16(15-9-18(36-2)19(37-3)10-17(15)31(11)21(33)34)22(35,20(32)38-4)12-6-13(23(25,26)27)8-14(7-12)24(28,29)30/h5-11,35H,1-4H3,(H,33,34)/t11-,22-/m1/s1. The van der Waals surface area contributed by atoms with Gasteiger partial charge in [0.25, 0.3) is 0 Å². The number of benzene rings is 2. The number of anilines is 1. The lowest BCUT2D eigenvalue weighted by Crippen LogP contribution is -2.45. The third-order valence-electron chi connectivity index (χ3n) is 5.95. The second-order valence-electron chi connectivity index (χ2n) is 8.19. The van der Waals surface area contributed by atoms with Gasteiger partial charge in [-0.3, -0.25) is 4.90 Å². The molecule has 1 amide bonds. The largest absolute Gasteiger partial charge is 0.493 e. The predicted octanol–water partition coefficient (Wildman–Crippen LogP) is 5.07. The van der Waals surface area contributed by atoms with Gasteiger partial charge in [0.15, 0.2) is 11.5 Å². The zero-order chi connectivity index (χ0) is 28.8. The molecule has 14 heteroatoms. The maximum absolute atomic E-state index is 13.6. The average Bonchev–Trinajstić information content (AvgIpc) is 2.84. The number of carbonyl (C=O) groups excluding carboxylic acids is 1. The van der Waals surface area contributed by atoms with Gasteiger partial charge in [-0.25, -0.2) is 9.59 Å². The van der Waals surface area contributed by atoms with E-state index in [9.17, 15) is 46.1 Å². The van der Waals surface area contributed by atoms with E-state index in [2.05, 4.69) is 4.74 Å². The van der Waals surface area contributed by atoms with Gasteiger partial charge < -0.3 is 24.4 Å². The molecule has 206 valence electrons. The van der Waals surface area contributed by atoms with E-state index in [0.29, 0.717) is 0 Å². The molecule has 2 atom stereocenters. The Bertz CT molecular complexity index is 1270. The number of fused-ring (bicyclic) bond motifs is 1. The molecule has 0 unspecified atom stereocenters. The summed E-state index contributed by atoms with van der Waals surface area (Å²) in [6.45, 7) is 1.32. The number of hydrogen-bond donors (Lipinski definition) is 2. The smallest absolute Gasteiger partial charge is 0.416 e. The zero-order valence-electron chi connectivity index (χ0n) is 20.2. The molecule has 2 aromatic carbocycles. The van der Waals surface area contributed by atoms with Crippen LogP contribution in [0.5, 0.6) is 11.5 Å². The Kier molecular flexibility index (Phi) is 7.34. The van der Waals surface area contributed by atoms with Crippen LogP contribution in [-0.4, -0.2) is 49.6 Å². The molecule has 0 saturated heterocycles. The quantitative estimate of drug-likeness (QED) is 0.396. The van der Waals surface area contributed by atoms with Gasteiger partial charge in [-0.05, 0) is 31.2 Å². The van der Waals surface area contributed by atoms with Crippen LogP contribution in [0.4, 0.5) is 36.8 Å². The molecule has 2 N–H and O–H groups in total. The van der Waals surface area contributed by atoms with Gasteiger partial charge in [0.1, 0.15) is 0 Å². The third kappa shape index (κ3) is 4.83. The summed E-state index contributed by atoms with van der Waals surface area (Å²) in [7, 11) is 3.23. The Balaban J connectivity index is 2.46. The fourth-order valence-corrected chi connectivity index (χ4v) is 4.20. The number of methoxy groups -OCH3 is 3. The minimum absolute atomic E-state index is 0.0194. The second kappa shape index (κ2) is 9.74. The number of carboxylic acid groups (broad SMARTS) is 1. The second-order valence-corrected chi connectivity index (χ2v) is 8.19. The SMILES string of the molecule is COC(=O)[C@](O)(C1=C[C@@H](C)N(C(=O)O)c2cc(OC)c(OC)cc21)c1cc(C(F)(F)F)cc(C(F)(F)F)c1. The molecule has 0 radical (unpaired) electrons. The lowest BCUT2D eigenvalue weighted by Gasteiger charge is -2.38. The van der Waals surface area contributed by atoms with Crippen LogP contribution in [0.15, 0.2) is 36.4 Å². The molecule has 0 aromatic heterocycles. The number of alkyl halides is 6. The number of halogens is 6. The van der Waals surface area contributed by atoms with Gasteiger partial charge in [0, 0.05) is 22.8 Å². The fourth-order valence-electron chi connectivity index (χ4n) is 4.20. The molecule has 0 bridgehead atoms. The van der Waals surface area contributed by atoms with E-state index in [-0.39, 0.29) is 40.9 Å². The first kappa shape index (κ1) is 28.6. The Morgan fingerprint density at radius 1 is 0.842 bits per heavy atom. The van der Waals surface area contributed by atoms with E-state index < -0.39 is 58.3 Å². The number of nitrogens with zero attached hydrogens (tertiary/aromatic N) is 1. The first-order chi connectivity index (χ1) is 17.5. The van der Waals surface area contributed by atoms with Crippen molar-refractivity contribution in [3.63, 3.8) is 0 Å². The molecule has 8 nitrogen and oxygen atoms in total. The Morgan fingerprint density at radius 3 is 1.74 bits per heavy atom. The van der Waals surface area contributed by atoms with Crippen molar-refractivity contribution in [2.75, 3.05) is 26.2 Å². The van der Waals surface area contributed by atoms with Crippen LogP contribution in [0, 0.1) is 0 Å². The van der Waals surface area contributed by atoms with E-state index >= 15 is 0 Å². The molecule has 2 aromatic rings. The molecule has 1 aliphatic rings. The van der Waals surface area contributed by atoms with Crippen molar-refractivity contribution in [3.8, 4) is 11.5 Å². The minimum atomic E-state index is -5.28. The van der Waals surface area contributed by atoms with E-state index in [1.54, 1.807) is 0 Å². The van der Waals surface area contributed by atoms with Gasteiger partial charge in [-0.2, -0.15) is 26.3 Å². The molecule has 0 fully saturated rings. The lowest BCUT2D eigenvalue weighted by atomic mass is 9.77. The van der Waals surface area contributed by atoms with Crippen molar-refractivity contribution >= 4 is 23.3 Å². The summed E-state index contributed by atoms with van der Waals surface area (Å²) in [6, 6.07) is 1.39. The van der Waals surface area contributed by atoms with Crippen molar-refractivity contribution in [1.29, 1.82) is 0 Å². The van der Waals surface area contributed by atoms with Crippen LogP contribution in [0.2, 0.25) is 0 Å². The number of ether oxygens (including phenoxy) is 3. The van der Waals surface area contributed by atoms with E-state index in [1.807, 2.05) is 0 Å². The van der Waals surface area contributed by atoms with E-state index in [1.165, 1.54) is 27.2 Å². The number of carbonyl (C=O) groups is 2. The Morgan fingerprint density at radius 2 is 1.32 bits per heavy atom. The number of aliphatic hydroxyl groups is 1. The minimum Gasteiger partial charge on any atom is -0.493 e. The molecule has 1 heterocycles. The number of rotatable bonds is 5. The summed E-state index contributed by atoms with van der Waals surface area (Å²) in [5.74, 6) is -1.64. The van der Waals surface area contributed by atoms with Crippen molar-refractivity contribution in [3.05, 3.63) is 58.7 Å². The third-order valence-corrected chi connectivity index (χ3v) is 5.95. The van der Waals surface area contributed by atoms with Gasteiger partial charge >= 0.3 is 24.4 Å². The van der Waals surface area contributed by atoms with E-state index in [4.69, 9.17) is 9.47 Å². The molecule has 0 spiro atoms. The van der Waals surface area contributed by atoms with Crippen molar-refractivity contribution in [1.82, 2.24) is 0 Å². The topological polar surface area (TPSA) is 106 Å². The summed E-state index contributed by atoms with van der Waals surface area (Å²) < 4.78 is 96.5. The lowest BCUT2D eigenvalue weighted by molar-refractivity contribution is -0.158. The summed E-state index contributed by atoms with van der Waals surface area (Å²) in [5, 5.41) is 21.5. The predicted molar refractivity (Wildman–Crippen MR) is 120 cm³/mol. The molecular formula is C24H21F6NO7. The van der Waals surface area contributed by atoms with Gasteiger partial charge in [-0.15, -0.1) is 0 Å². The zero-order valence-corrected chi connectivity index (χ0v) is 20.2. The molecule has 0 saturated carbocycles. The number of amides is 1. The molecular weight excluding hydrogens is 528 g/mol. The highest BCUT2D eigenvalue weighted by atomic mass is 19.4. The van der Waals surface area contributed by atoms with Crippen molar-refractivity contribution < 1.29 is 60.4 Å². The molecule has 38 heavy (non-hydrogen) atoms. The summed E-state index contributed by atoms with van der Waals surface area (Å²) in [6.07, 6.45) is -11.0. The van der Waals surface area contributed by atoms with Gasteiger partial charge in [0.05, 0.1) is 44.2 Å². The van der Waals surface area contributed by atoms with Crippen LogP contribution in [0.3, 0.4) is 0 Å². The molecule has 0 aliphatic carbocycles. The monoisotopic (exact) mass is 549 g/mol. The molecule has 3 rings (SSSR count). The summed E-state index contributed by atoms with van der Waals surface area (Å²) in [4.78, 5) is 25.8. The summed E-state index contributed by atoms with van der Waals surface area (Å²) in [5.41, 5.74) is -8.88.